The van der Waals surface area contributed by atoms with Crippen LogP contribution in [-0.4, -0.2) is 14.8 Å². The number of thiophene rings is 1. The third-order valence-electron chi connectivity index (χ3n) is 3.67. The molecule has 0 aliphatic carbocycles. The second kappa shape index (κ2) is 5.73. The van der Waals surface area contributed by atoms with Gasteiger partial charge in [-0.25, -0.2) is 0 Å². The molecular formula is C18H15N3S. The fraction of sp³-hybridized carbons (Fsp3) is 0.111. The van der Waals surface area contributed by atoms with Crippen molar-refractivity contribution in [3.8, 4) is 10.6 Å². The summed E-state index contributed by atoms with van der Waals surface area (Å²) in [5.74, 6) is 0. The van der Waals surface area contributed by atoms with Crippen LogP contribution in [0.2, 0.25) is 0 Å². The Hall–Kier alpha value is -2.46. The minimum atomic E-state index is 0.844. The fourth-order valence-electron chi connectivity index (χ4n) is 2.52. The van der Waals surface area contributed by atoms with E-state index in [0.29, 0.717) is 0 Å². The first-order chi connectivity index (χ1) is 10.9. The van der Waals surface area contributed by atoms with Gasteiger partial charge < -0.3 is 0 Å². The molecule has 3 heterocycles. The van der Waals surface area contributed by atoms with Crippen LogP contribution in [0.3, 0.4) is 0 Å². The Morgan fingerprint density at radius 1 is 0.955 bits per heavy atom. The molecule has 0 aliphatic rings. The van der Waals surface area contributed by atoms with E-state index in [-0.39, 0.29) is 0 Å². The van der Waals surface area contributed by atoms with E-state index in [0.717, 1.165) is 29.9 Å². The van der Waals surface area contributed by atoms with Crippen LogP contribution in [0.15, 0.2) is 66.2 Å². The molecule has 108 valence electrons. The number of pyridine rings is 1. The first kappa shape index (κ1) is 13.2. The highest BCUT2D eigenvalue weighted by Gasteiger charge is 2.04. The summed E-state index contributed by atoms with van der Waals surface area (Å²) in [5, 5.41) is 7.89. The van der Waals surface area contributed by atoms with Crippen molar-refractivity contribution in [1.29, 1.82) is 0 Å². The minimum Gasteiger partial charge on any atom is -0.272 e. The smallest absolute Gasteiger partial charge is 0.102 e. The van der Waals surface area contributed by atoms with Gasteiger partial charge in [0, 0.05) is 30.2 Å². The summed E-state index contributed by atoms with van der Waals surface area (Å²) in [4.78, 5) is 5.92. The highest BCUT2D eigenvalue weighted by molar-refractivity contribution is 7.13. The van der Waals surface area contributed by atoms with Crippen LogP contribution in [0.4, 0.5) is 0 Å². The molecule has 3 nitrogen and oxygen atoms in total. The maximum atomic E-state index is 4.71. The molecule has 0 radical (unpaired) electrons. The Bertz CT molecular complexity index is 894. The van der Waals surface area contributed by atoms with Gasteiger partial charge in [-0.1, -0.05) is 30.3 Å². The van der Waals surface area contributed by atoms with Crippen molar-refractivity contribution >= 4 is 22.2 Å². The maximum absolute atomic E-state index is 4.71. The van der Waals surface area contributed by atoms with Crippen LogP contribution < -0.4 is 0 Å². The van der Waals surface area contributed by atoms with Crippen molar-refractivity contribution in [2.45, 2.75) is 13.0 Å². The summed E-state index contributed by atoms with van der Waals surface area (Å²) in [7, 11) is 0. The zero-order valence-corrected chi connectivity index (χ0v) is 12.8. The standard InChI is InChI=1S/C18H15N3S/c1-2-5-16-14(4-1)7-8-15(19-16)9-11-21-12-10-17(20-21)18-6-3-13-22-18/h1-8,10,12-13H,9,11H2. The molecule has 22 heavy (non-hydrogen) atoms. The largest absolute Gasteiger partial charge is 0.272 e. The van der Waals surface area contributed by atoms with Gasteiger partial charge >= 0.3 is 0 Å². The average Bonchev–Trinajstić information content (AvgIpc) is 3.24. The molecule has 1 aromatic carbocycles. The van der Waals surface area contributed by atoms with Gasteiger partial charge in [0.15, 0.2) is 0 Å². The summed E-state index contributed by atoms with van der Waals surface area (Å²) in [6.07, 6.45) is 2.92. The number of aromatic nitrogens is 3. The van der Waals surface area contributed by atoms with E-state index in [1.807, 2.05) is 23.0 Å². The number of hydrogen-bond donors (Lipinski definition) is 0. The van der Waals surface area contributed by atoms with E-state index < -0.39 is 0 Å². The molecule has 4 aromatic rings. The van der Waals surface area contributed by atoms with E-state index in [2.05, 4.69) is 52.9 Å². The number of hydrogen-bond acceptors (Lipinski definition) is 3. The van der Waals surface area contributed by atoms with Crippen molar-refractivity contribution in [3.63, 3.8) is 0 Å². The quantitative estimate of drug-likeness (QED) is 0.559. The van der Waals surface area contributed by atoms with E-state index in [9.17, 15) is 0 Å². The topological polar surface area (TPSA) is 30.7 Å². The summed E-state index contributed by atoms with van der Waals surface area (Å²) in [6.45, 7) is 0.844. The maximum Gasteiger partial charge on any atom is 0.102 e. The Kier molecular flexibility index (Phi) is 3.45. The van der Waals surface area contributed by atoms with Crippen molar-refractivity contribution in [1.82, 2.24) is 14.8 Å². The lowest BCUT2D eigenvalue weighted by Gasteiger charge is -2.03. The number of rotatable bonds is 4. The number of benzene rings is 1. The number of para-hydroxylation sites is 1. The van der Waals surface area contributed by atoms with Gasteiger partial charge in [0.1, 0.15) is 5.69 Å². The van der Waals surface area contributed by atoms with Gasteiger partial charge in [-0.2, -0.15) is 5.10 Å². The molecule has 0 aliphatic heterocycles. The van der Waals surface area contributed by atoms with Crippen LogP contribution in [0.1, 0.15) is 5.69 Å². The first-order valence-electron chi connectivity index (χ1n) is 7.30. The molecule has 0 atom stereocenters. The molecule has 4 rings (SSSR count). The Balaban J connectivity index is 1.49. The van der Waals surface area contributed by atoms with Gasteiger partial charge in [-0.15, -0.1) is 11.3 Å². The lowest BCUT2D eigenvalue weighted by molar-refractivity contribution is 0.611. The molecule has 0 unspecified atom stereocenters. The second-order valence-electron chi connectivity index (χ2n) is 5.19. The summed E-state index contributed by atoms with van der Waals surface area (Å²) in [6, 6.07) is 18.7. The number of fused-ring (bicyclic) bond motifs is 1. The molecule has 0 N–H and O–H groups in total. The van der Waals surface area contributed by atoms with Gasteiger partial charge in [-0.05, 0) is 29.6 Å². The highest BCUT2D eigenvalue weighted by atomic mass is 32.1. The minimum absolute atomic E-state index is 0.844. The number of aryl methyl sites for hydroxylation is 2. The van der Waals surface area contributed by atoms with Crippen LogP contribution in [0, 0.1) is 0 Å². The lowest BCUT2D eigenvalue weighted by atomic mass is 10.2. The van der Waals surface area contributed by atoms with Crippen LogP contribution in [0.25, 0.3) is 21.5 Å². The fourth-order valence-corrected chi connectivity index (χ4v) is 3.21. The SMILES string of the molecule is c1csc(-c2ccn(CCc3ccc4ccccc4n3)n2)c1. The monoisotopic (exact) mass is 305 g/mol. The highest BCUT2D eigenvalue weighted by Crippen LogP contribution is 2.22. The van der Waals surface area contributed by atoms with Crippen molar-refractivity contribution in [3.05, 3.63) is 71.9 Å². The number of nitrogens with zero attached hydrogens (tertiary/aromatic N) is 3. The molecule has 0 amide bonds. The molecule has 4 heteroatoms. The molecule has 0 bridgehead atoms. The van der Waals surface area contributed by atoms with Crippen LogP contribution in [-0.2, 0) is 13.0 Å². The summed E-state index contributed by atoms with van der Waals surface area (Å²) < 4.78 is 1.99. The second-order valence-corrected chi connectivity index (χ2v) is 6.13. The van der Waals surface area contributed by atoms with E-state index >= 15 is 0 Å². The Labute approximate surface area is 132 Å². The van der Waals surface area contributed by atoms with Crippen molar-refractivity contribution in [2.75, 3.05) is 0 Å². The predicted octanol–water partition coefficient (Wildman–Crippen LogP) is 4.40. The third-order valence-corrected chi connectivity index (χ3v) is 4.56. The van der Waals surface area contributed by atoms with Crippen molar-refractivity contribution < 1.29 is 0 Å². The molecule has 3 aromatic heterocycles. The van der Waals surface area contributed by atoms with Gasteiger partial charge in [-0.3, -0.25) is 9.67 Å². The third kappa shape index (κ3) is 2.65. The summed E-state index contributed by atoms with van der Waals surface area (Å²) >= 11 is 1.72. The normalized spacial score (nSPS) is 11.1. The van der Waals surface area contributed by atoms with Crippen molar-refractivity contribution in [2.24, 2.45) is 0 Å². The van der Waals surface area contributed by atoms with E-state index in [1.165, 1.54) is 10.3 Å². The van der Waals surface area contributed by atoms with E-state index in [1.54, 1.807) is 11.3 Å². The predicted molar refractivity (Wildman–Crippen MR) is 91.0 cm³/mol. The van der Waals surface area contributed by atoms with Gasteiger partial charge in [0.25, 0.3) is 0 Å². The first-order valence-corrected chi connectivity index (χ1v) is 8.18. The van der Waals surface area contributed by atoms with Crippen LogP contribution in [0.5, 0.6) is 0 Å². The van der Waals surface area contributed by atoms with Gasteiger partial charge in [0.2, 0.25) is 0 Å². The summed E-state index contributed by atoms with van der Waals surface area (Å²) in [5.41, 5.74) is 3.20. The molecule has 0 saturated heterocycles. The lowest BCUT2D eigenvalue weighted by Crippen LogP contribution is -2.03. The van der Waals surface area contributed by atoms with E-state index in [4.69, 9.17) is 4.98 Å². The zero-order valence-electron chi connectivity index (χ0n) is 12.0. The average molecular weight is 305 g/mol. The Morgan fingerprint density at radius 3 is 2.82 bits per heavy atom. The molecular weight excluding hydrogens is 290 g/mol. The zero-order chi connectivity index (χ0) is 14.8. The molecule has 0 fully saturated rings. The molecule has 0 spiro atoms. The molecule has 0 saturated carbocycles. The van der Waals surface area contributed by atoms with Gasteiger partial charge in [0.05, 0.1) is 10.4 Å². The van der Waals surface area contributed by atoms with Crippen LogP contribution >= 0.6 is 11.3 Å². The Morgan fingerprint density at radius 2 is 1.91 bits per heavy atom.